The molecule has 0 unspecified atom stereocenters. The van der Waals surface area contributed by atoms with Gasteiger partial charge in [-0.05, 0) is 37.0 Å². The second-order valence-electron chi connectivity index (χ2n) is 7.72. The third-order valence-electron chi connectivity index (χ3n) is 5.58. The Labute approximate surface area is 175 Å². The van der Waals surface area contributed by atoms with E-state index in [0.29, 0.717) is 33.2 Å². The Kier molecular flexibility index (Phi) is 4.36. The first-order valence-electron chi connectivity index (χ1n) is 9.67. The Morgan fingerprint density at radius 1 is 1.20 bits per heavy atom. The molecule has 2 aliphatic heterocycles. The average molecular weight is 434 g/mol. The van der Waals surface area contributed by atoms with Gasteiger partial charge in [-0.2, -0.15) is 0 Å². The van der Waals surface area contributed by atoms with Crippen molar-refractivity contribution in [3.05, 3.63) is 47.2 Å². The molecule has 1 fully saturated rings. The lowest BCUT2D eigenvalue weighted by molar-refractivity contribution is -0.286. The van der Waals surface area contributed by atoms with E-state index in [1.54, 1.807) is 22.9 Å². The van der Waals surface area contributed by atoms with E-state index in [1.807, 2.05) is 4.90 Å². The second kappa shape index (κ2) is 6.84. The molecular weight excluding hydrogens is 416 g/mol. The molecule has 0 radical (unpaired) electrons. The fraction of sp³-hybridized carbons (Fsp3) is 0.333. The van der Waals surface area contributed by atoms with Crippen LogP contribution in [0.15, 0.2) is 36.7 Å². The number of benzene rings is 1. The molecule has 0 aliphatic carbocycles. The number of pyridine rings is 1. The summed E-state index contributed by atoms with van der Waals surface area (Å²) in [5.74, 6) is 0.454. The van der Waals surface area contributed by atoms with Gasteiger partial charge in [-0.3, -0.25) is 9.36 Å². The number of aromatic nitrogens is 2. The summed E-state index contributed by atoms with van der Waals surface area (Å²) in [7, 11) is 0. The summed E-state index contributed by atoms with van der Waals surface area (Å²) in [6.45, 7) is 3.65. The maximum Gasteiger partial charge on any atom is 0.586 e. The summed E-state index contributed by atoms with van der Waals surface area (Å²) >= 11 is 6.41. The number of nitrogens with zero attached hydrogens (tertiary/aromatic N) is 3. The maximum absolute atomic E-state index is 13.3. The maximum atomic E-state index is 13.3. The van der Waals surface area contributed by atoms with Crippen LogP contribution in [0.2, 0.25) is 5.02 Å². The van der Waals surface area contributed by atoms with Crippen molar-refractivity contribution in [2.75, 3.05) is 13.1 Å². The molecule has 2 aromatic heterocycles. The van der Waals surface area contributed by atoms with Crippen LogP contribution in [0.1, 0.15) is 30.1 Å². The van der Waals surface area contributed by atoms with Gasteiger partial charge in [0.15, 0.2) is 11.5 Å². The monoisotopic (exact) mass is 433 g/mol. The van der Waals surface area contributed by atoms with E-state index in [2.05, 4.69) is 21.4 Å². The third-order valence-corrected chi connectivity index (χ3v) is 5.88. The van der Waals surface area contributed by atoms with E-state index in [4.69, 9.17) is 11.6 Å². The molecule has 2 aliphatic rings. The van der Waals surface area contributed by atoms with Gasteiger partial charge in [0.25, 0.3) is 5.91 Å². The zero-order chi connectivity index (χ0) is 21.0. The number of amides is 1. The first-order chi connectivity index (χ1) is 14.3. The van der Waals surface area contributed by atoms with Gasteiger partial charge < -0.3 is 14.4 Å². The standard InChI is InChI=1S/C21H18ClF2N3O3/c1-12-4-6-26(7-5-12)20(28)13-8-15-16(22)11-27(19(15)25-10-13)14-2-3-17-18(9-14)30-21(23,24)29-17/h2-3,8-12H,4-7H2,1H3. The molecule has 0 saturated carbocycles. The molecule has 0 N–H and O–H groups in total. The van der Waals surface area contributed by atoms with Crippen LogP contribution in [-0.2, 0) is 0 Å². The van der Waals surface area contributed by atoms with Gasteiger partial charge in [-0.1, -0.05) is 18.5 Å². The summed E-state index contributed by atoms with van der Waals surface area (Å²) in [6.07, 6.45) is 1.45. The summed E-state index contributed by atoms with van der Waals surface area (Å²) in [6, 6.07) is 6.17. The number of rotatable bonds is 2. The number of ether oxygens (including phenoxy) is 2. The Morgan fingerprint density at radius 3 is 2.70 bits per heavy atom. The predicted molar refractivity (Wildman–Crippen MR) is 107 cm³/mol. The fourth-order valence-electron chi connectivity index (χ4n) is 3.86. The van der Waals surface area contributed by atoms with Crippen LogP contribution in [0.5, 0.6) is 11.5 Å². The minimum Gasteiger partial charge on any atom is -0.395 e. The molecule has 6 nitrogen and oxygen atoms in total. The number of likely N-dealkylation sites (tertiary alicyclic amines) is 1. The summed E-state index contributed by atoms with van der Waals surface area (Å²) in [4.78, 5) is 19.1. The number of hydrogen-bond acceptors (Lipinski definition) is 4. The highest BCUT2D eigenvalue weighted by Gasteiger charge is 2.43. The molecule has 1 saturated heterocycles. The lowest BCUT2D eigenvalue weighted by Gasteiger charge is -2.30. The van der Waals surface area contributed by atoms with Crippen LogP contribution in [0.3, 0.4) is 0 Å². The van der Waals surface area contributed by atoms with Crippen molar-refractivity contribution in [2.24, 2.45) is 5.92 Å². The first-order valence-corrected chi connectivity index (χ1v) is 10.0. The summed E-state index contributed by atoms with van der Waals surface area (Å²) < 4.78 is 37.2. The van der Waals surface area contributed by atoms with Gasteiger partial charge in [0.1, 0.15) is 5.65 Å². The molecule has 30 heavy (non-hydrogen) atoms. The van der Waals surface area contributed by atoms with Crippen molar-refractivity contribution >= 4 is 28.5 Å². The van der Waals surface area contributed by atoms with E-state index in [1.165, 1.54) is 18.3 Å². The molecule has 3 aromatic rings. The van der Waals surface area contributed by atoms with Gasteiger partial charge in [0.2, 0.25) is 0 Å². The predicted octanol–water partition coefficient (Wildman–Crippen LogP) is 4.87. The summed E-state index contributed by atoms with van der Waals surface area (Å²) in [5, 5.41) is 1.01. The fourth-order valence-corrected chi connectivity index (χ4v) is 4.10. The topological polar surface area (TPSA) is 56.6 Å². The highest BCUT2D eigenvalue weighted by molar-refractivity contribution is 6.35. The normalized spacial score (nSPS) is 18.2. The molecule has 1 aromatic carbocycles. The quantitative estimate of drug-likeness (QED) is 0.578. The molecule has 1 amide bonds. The van der Waals surface area contributed by atoms with E-state index < -0.39 is 6.29 Å². The number of hydrogen-bond donors (Lipinski definition) is 0. The lowest BCUT2D eigenvalue weighted by atomic mass is 9.99. The van der Waals surface area contributed by atoms with Crippen molar-refractivity contribution in [3.8, 4) is 17.2 Å². The highest BCUT2D eigenvalue weighted by Crippen LogP contribution is 2.42. The molecule has 0 spiro atoms. The van der Waals surface area contributed by atoms with E-state index in [9.17, 15) is 13.6 Å². The third kappa shape index (κ3) is 3.25. The number of carbonyl (C=O) groups is 1. The van der Waals surface area contributed by atoms with E-state index in [0.717, 1.165) is 25.9 Å². The summed E-state index contributed by atoms with van der Waals surface area (Å²) in [5.41, 5.74) is 1.51. The molecular formula is C21H18ClF2N3O3. The van der Waals surface area contributed by atoms with Crippen LogP contribution in [0, 0.1) is 5.92 Å². The van der Waals surface area contributed by atoms with Gasteiger partial charge in [0, 0.05) is 36.9 Å². The van der Waals surface area contributed by atoms with Gasteiger partial charge in [-0.15, -0.1) is 8.78 Å². The molecule has 0 atom stereocenters. The minimum absolute atomic E-state index is 0.0389. The zero-order valence-electron chi connectivity index (χ0n) is 16.1. The van der Waals surface area contributed by atoms with E-state index in [-0.39, 0.29) is 17.4 Å². The van der Waals surface area contributed by atoms with Crippen molar-refractivity contribution in [3.63, 3.8) is 0 Å². The minimum atomic E-state index is -3.68. The van der Waals surface area contributed by atoms with Crippen LogP contribution >= 0.6 is 11.6 Å². The van der Waals surface area contributed by atoms with Crippen LogP contribution in [0.4, 0.5) is 8.78 Å². The average Bonchev–Trinajstić information content (AvgIpc) is 3.22. The number of piperidine rings is 1. The van der Waals surface area contributed by atoms with Crippen molar-refractivity contribution in [2.45, 2.75) is 26.1 Å². The number of alkyl halides is 2. The second-order valence-corrected chi connectivity index (χ2v) is 8.12. The molecule has 0 bridgehead atoms. The highest BCUT2D eigenvalue weighted by atomic mass is 35.5. The lowest BCUT2D eigenvalue weighted by Crippen LogP contribution is -2.37. The largest absolute Gasteiger partial charge is 0.586 e. The Hall–Kier alpha value is -2.87. The molecule has 9 heteroatoms. The Balaban J connectivity index is 1.48. The van der Waals surface area contributed by atoms with Crippen LogP contribution in [-0.4, -0.2) is 39.7 Å². The van der Waals surface area contributed by atoms with Gasteiger partial charge in [0.05, 0.1) is 16.3 Å². The van der Waals surface area contributed by atoms with Gasteiger partial charge >= 0.3 is 6.29 Å². The van der Waals surface area contributed by atoms with Crippen molar-refractivity contribution in [1.29, 1.82) is 0 Å². The number of halogens is 3. The van der Waals surface area contributed by atoms with Crippen LogP contribution in [0.25, 0.3) is 16.7 Å². The molecule has 156 valence electrons. The number of carbonyl (C=O) groups excluding carboxylic acids is 1. The van der Waals surface area contributed by atoms with Crippen molar-refractivity contribution in [1.82, 2.24) is 14.5 Å². The smallest absolute Gasteiger partial charge is 0.395 e. The molecule has 4 heterocycles. The zero-order valence-corrected chi connectivity index (χ0v) is 16.8. The van der Waals surface area contributed by atoms with E-state index >= 15 is 0 Å². The Morgan fingerprint density at radius 2 is 1.93 bits per heavy atom. The SMILES string of the molecule is CC1CCN(C(=O)c2cnc3c(c2)c(Cl)cn3-c2ccc3c(c2)OC(F)(F)O3)CC1. The van der Waals surface area contributed by atoms with Crippen molar-refractivity contribution < 1.29 is 23.0 Å². The first kappa shape index (κ1) is 19.1. The van der Waals surface area contributed by atoms with Gasteiger partial charge in [-0.25, -0.2) is 4.98 Å². The van der Waals surface area contributed by atoms with Crippen LogP contribution < -0.4 is 9.47 Å². The molecule has 5 rings (SSSR count). The Bertz CT molecular complexity index is 1160. The number of fused-ring (bicyclic) bond motifs is 2.